The lowest BCUT2D eigenvalue weighted by Gasteiger charge is -1.92. The highest BCUT2D eigenvalue weighted by molar-refractivity contribution is 5.74. The number of carbonyl (C=O) groups excluding carboxylic acids is 1. The van der Waals surface area contributed by atoms with E-state index in [0.717, 1.165) is 11.8 Å². The molecule has 2 rings (SSSR count). The molecule has 0 bridgehead atoms. The van der Waals surface area contributed by atoms with Crippen LogP contribution < -0.4 is 0 Å². The molecule has 0 radical (unpaired) electrons. The van der Waals surface area contributed by atoms with Gasteiger partial charge in [0, 0.05) is 6.20 Å². The average Bonchev–Trinajstić information content (AvgIpc) is 2.46. The van der Waals surface area contributed by atoms with Gasteiger partial charge in [0.1, 0.15) is 5.69 Å². The van der Waals surface area contributed by atoms with E-state index < -0.39 is 0 Å². The Hall–Kier alpha value is -1.64. The molecule has 0 saturated heterocycles. The van der Waals surface area contributed by atoms with E-state index in [1.807, 2.05) is 25.3 Å². The lowest BCUT2D eigenvalue weighted by Crippen LogP contribution is -1.87. The van der Waals surface area contributed by atoms with Crippen molar-refractivity contribution in [1.29, 1.82) is 0 Å². The molecular weight excluding hydrogens is 152 g/mol. The number of aldehydes is 1. The minimum Gasteiger partial charge on any atom is -0.296 e. The van der Waals surface area contributed by atoms with Crippen LogP contribution in [0, 0.1) is 6.92 Å². The van der Waals surface area contributed by atoms with Crippen LogP contribution >= 0.6 is 0 Å². The summed E-state index contributed by atoms with van der Waals surface area (Å²) in [5.41, 5.74) is 2.59. The van der Waals surface area contributed by atoms with E-state index in [1.54, 1.807) is 10.6 Å². The number of carbonyl (C=O) groups is 1. The summed E-state index contributed by atoms with van der Waals surface area (Å²) in [5, 5.41) is 4.02. The monoisotopic (exact) mass is 160 g/mol. The third-order valence-corrected chi connectivity index (χ3v) is 1.76. The van der Waals surface area contributed by atoms with Crippen LogP contribution in [0.1, 0.15) is 16.1 Å². The Bertz CT molecular complexity index is 431. The van der Waals surface area contributed by atoms with Gasteiger partial charge in [0.05, 0.1) is 5.52 Å². The van der Waals surface area contributed by atoms with Gasteiger partial charge in [-0.25, -0.2) is 4.52 Å². The van der Waals surface area contributed by atoms with Crippen molar-refractivity contribution >= 4 is 11.8 Å². The number of pyridine rings is 1. The predicted molar refractivity (Wildman–Crippen MR) is 45.3 cm³/mol. The van der Waals surface area contributed by atoms with E-state index in [4.69, 9.17) is 0 Å². The van der Waals surface area contributed by atoms with Crippen molar-refractivity contribution in [3.8, 4) is 0 Å². The number of hydrogen-bond donors (Lipinski definition) is 0. The molecule has 0 spiro atoms. The normalized spacial score (nSPS) is 10.4. The molecule has 2 heterocycles. The van der Waals surface area contributed by atoms with E-state index in [1.165, 1.54) is 5.56 Å². The maximum absolute atomic E-state index is 10.4. The van der Waals surface area contributed by atoms with E-state index in [2.05, 4.69) is 5.10 Å². The maximum atomic E-state index is 10.4. The number of rotatable bonds is 1. The van der Waals surface area contributed by atoms with Crippen LogP contribution in [0.2, 0.25) is 0 Å². The van der Waals surface area contributed by atoms with Crippen LogP contribution in [0.15, 0.2) is 24.4 Å². The minimum absolute atomic E-state index is 0.473. The zero-order valence-corrected chi connectivity index (χ0v) is 6.69. The van der Waals surface area contributed by atoms with Crippen LogP contribution in [-0.4, -0.2) is 15.9 Å². The number of aryl methyl sites for hydroxylation is 1. The third-order valence-electron chi connectivity index (χ3n) is 1.76. The van der Waals surface area contributed by atoms with E-state index in [9.17, 15) is 4.79 Å². The molecule has 0 amide bonds. The van der Waals surface area contributed by atoms with Crippen molar-refractivity contribution in [2.24, 2.45) is 0 Å². The summed E-state index contributed by atoms with van der Waals surface area (Å²) in [6.07, 6.45) is 2.60. The second-order valence-electron chi connectivity index (χ2n) is 2.76. The number of aromatic nitrogens is 2. The van der Waals surface area contributed by atoms with Gasteiger partial charge in [0.25, 0.3) is 0 Å². The largest absolute Gasteiger partial charge is 0.296 e. The summed E-state index contributed by atoms with van der Waals surface area (Å²) in [5.74, 6) is 0. The Kier molecular flexibility index (Phi) is 1.43. The Morgan fingerprint density at radius 1 is 1.50 bits per heavy atom. The van der Waals surface area contributed by atoms with Gasteiger partial charge < -0.3 is 0 Å². The van der Waals surface area contributed by atoms with Crippen LogP contribution in [0.5, 0.6) is 0 Å². The zero-order chi connectivity index (χ0) is 8.55. The highest BCUT2D eigenvalue weighted by Gasteiger charge is 1.98. The molecule has 12 heavy (non-hydrogen) atoms. The first-order valence-corrected chi connectivity index (χ1v) is 3.71. The molecule has 0 atom stereocenters. The van der Waals surface area contributed by atoms with Gasteiger partial charge in [-0.2, -0.15) is 5.10 Å². The fourth-order valence-electron chi connectivity index (χ4n) is 1.18. The minimum atomic E-state index is 0.473. The van der Waals surface area contributed by atoms with Gasteiger partial charge in [-0.05, 0) is 30.7 Å². The second kappa shape index (κ2) is 2.44. The first-order chi connectivity index (χ1) is 5.79. The van der Waals surface area contributed by atoms with Crippen molar-refractivity contribution in [3.63, 3.8) is 0 Å². The average molecular weight is 160 g/mol. The van der Waals surface area contributed by atoms with E-state index >= 15 is 0 Å². The first kappa shape index (κ1) is 7.03. The molecule has 0 saturated carbocycles. The number of fused-ring (bicyclic) bond motifs is 1. The van der Waals surface area contributed by atoms with E-state index in [-0.39, 0.29) is 0 Å². The molecular formula is C9H8N2O. The molecule has 2 aromatic heterocycles. The summed E-state index contributed by atoms with van der Waals surface area (Å²) < 4.78 is 1.69. The molecule has 0 aliphatic heterocycles. The smallest absolute Gasteiger partial charge is 0.170 e. The van der Waals surface area contributed by atoms with Crippen LogP contribution in [0.4, 0.5) is 0 Å². The summed E-state index contributed by atoms with van der Waals surface area (Å²) in [4.78, 5) is 10.4. The maximum Gasteiger partial charge on any atom is 0.170 e. The van der Waals surface area contributed by atoms with Crippen LogP contribution in [-0.2, 0) is 0 Å². The summed E-state index contributed by atoms with van der Waals surface area (Å²) in [6.45, 7) is 2.01. The molecule has 0 unspecified atom stereocenters. The fraction of sp³-hybridized carbons (Fsp3) is 0.111. The van der Waals surface area contributed by atoms with Gasteiger partial charge in [-0.1, -0.05) is 0 Å². The Morgan fingerprint density at radius 2 is 2.33 bits per heavy atom. The van der Waals surface area contributed by atoms with Gasteiger partial charge in [-0.15, -0.1) is 0 Å². The topological polar surface area (TPSA) is 34.4 Å². The highest BCUT2D eigenvalue weighted by atomic mass is 16.1. The second-order valence-corrected chi connectivity index (χ2v) is 2.76. The lowest BCUT2D eigenvalue weighted by atomic mass is 10.3. The summed E-state index contributed by atoms with van der Waals surface area (Å²) >= 11 is 0. The molecule has 60 valence electrons. The van der Waals surface area contributed by atoms with Crippen molar-refractivity contribution < 1.29 is 4.79 Å². The standard InChI is InChI=1S/C9H8N2O/c1-7-2-3-11-9(4-7)5-8(6-12)10-11/h2-6H,1H3. The Balaban J connectivity index is 2.75. The molecule has 3 nitrogen and oxygen atoms in total. The zero-order valence-electron chi connectivity index (χ0n) is 6.69. The number of hydrogen-bond acceptors (Lipinski definition) is 2. The predicted octanol–water partition coefficient (Wildman–Crippen LogP) is 1.46. The molecule has 0 aromatic carbocycles. The fourth-order valence-corrected chi connectivity index (χ4v) is 1.18. The van der Waals surface area contributed by atoms with Gasteiger partial charge in [0.2, 0.25) is 0 Å². The molecule has 3 heteroatoms. The Labute approximate surface area is 69.6 Å². The lowest BCUT2D eigenvalue weighted by molar-refractivity contribution is 0.111. The first-order valence-electron chi connectivity index (χ1n) is 3.71. The summed E-state index contributed by atoms with van der Waals surface area (Å²) in [7, 11) is 0. The van der Waals surface area contributed by atoms with Gasteiger partial charge >= 0.3 is 0 Å². The van der Waals surface area contributed by atoms with Crippen LogP contribution in [0.25, 0.3) is 5.52 Å². The van der Waals surface area contributed by atoms with Gasteiger partial charge in [-0.3, -0.25) is 4.79 Å². The van der Waals surface area contributed by atoms with Crippen molar-refractivity contribution in [1.82, 2.24) is 9.61 Å². The van der Waals surface area contributed by atoms with Crippen molar-refractivity contribution in [3.05, 3.63) is 35.7 Å². The molecule has 0 fully saturated rings. The quantitative estimate of drug-likeness (QED) is 0.592. The van der Waals surface area contributed by atoms with Crippen molar-refractivity contribution in [2.75, 3.05) is 0 Å². The molecule has 0 aliphatic rings. The van der Waals surface area contributed by atoms with E-state index in [0.29, 0.717) is 5.69 Å². The van der Waals surface area contributed by atoms with Crippen molar-refractivity contribution in [2.45, 2.75) is 6.92 Å². The molecule has 0 N–H and O–H groups in total. The highest BCUT2D eigenvalue weighted by Crippen LogP contribution is 2.06. The molecule has 0 aliphatic carbocycles. The molecule has 2 aromatic rings. The van der Waals surface area contributed by atoms with Gasteiger partial charge in [0.15, 0.2) is 6.29 Å². The summed E-state index contributed by atoms with van der Waals surface area (Å²) in [6, 6.07) is 5.70. The van der Waals surface area contributed by atoms with Crippen LogP contribution in [0.3, 0.4) is 0 Å². The third kappa shape index (κ3) is 0.993. The SMILES string of the molecule is Cc1ccn2nc(C=O)cc2c1. The number of nitrogens with zero attached hydrogens (tertiary/aromatic N) is 2. The Morgan fingerprint density at radius 3 is 3.08 bits per heavy atom.